The topological polar surface area (TPSA) is 37.3 Å². The van der Waals surface area contributed by atoms with Crippen LogP contribution >= 0.6 is 0 Å². The molecule has 10 heavy (non-hydrogen) atoms. The van der Waals surface area contributed by atoms with Crippen LogP contribution in [0.5, 0.6) is 0 Å². The first kappa shape index (κ1) is 8.95. The third kappa shape index (κ3) is 5.09. The molecule has 0 saturated carbocycles. The van der Waals surface area contributed by atoms with Gasteiger partial charge in [-0.2, -0.15) is 0 Å². The van der Waals surface area contributed by atoms with Gasteiger partial charge in [-0.25, -0.2) is 4.79 Å². The van der Waals surface area contributed by atoms with Crippen molar-refractivity contribution in [2.75, 3.05) is 0 Å². The number of hydrogen-bond donors (Lipinski definition) is 1. The molecule has 0 aromatic heterocycles. The first-order chi connectivity index (χ1) is 4.52. The molecule has 0 atom stereocenters. The molecule has 0 radical (unpaired) electrons. The van der Waals surface area contributed by atoms with E-state index in [-0.39, 0.29) is 0 Å². The van der Waals surface area contributed by atoms with E-state index in [2.05, 4.69) is 0 Å². The van der Waals surface area contributed by atoms with E-state index in [1.54, 1.807) is 6.92 Å². The maximum Gasteiger partial charge on any atom is 0.328 e. The van der Waals surface area contributed by atoms with Gasteiger partial charge in [0.1, 0.15) is 0 Å². The molecule has 0 heterocycles. The van der Waals surface area contributed by atoms with Crippen molar-refractivity contribution >= 4 is 5.97 Å². The van der Waals surface area contributed by atoms with Gasteiger partial charge in [0.2, 0.25) is 0 Å². The van der Waals surface area contributed by atoms with Crippen molar-refractivity contribution in [3.8, 4) is 0 Å². The highest BCUT2D eigenvalue weighted by molar-refractivity contribution is 5.81. The molecule has 0 aliphatic carbocycles. The molecule has 0 fully saturated rings. The molecule has 0 aromatic rings. The normalized spacial score (nSPS) is 10.9. The second kappa shape index (κ2) is 3.88. The summed E-state index contributed by atoms with van der Waals surface area (Å²) in [6, 6.07) is 0. The van der Waals surface area contributed by atoms with E-state index in [1.807, 2.05) is 19.9 Å². The van der Waals surface area contributed by atoms with Crippen molar-refractivity contribution in [2.45, 2.75) is 20.8 Å². The highest BCUT2D eigenvalue weighted by Crippen LogP contribution is 1.99. The van der Waals surface area contributed by atoms with Gasteiger partial charge >= 0.3 is 5.97 Å². The molecular formula is C8H12O2. The van der Waals surface area contributed by atoms with Gasteiger partial charge in [0.05, 0.1) is 0 Å². The lowest BCUT2D eigenvalue weighted by atomic mass is 10.2. The van der Waals surface area contributed by atoms with Crippen molar-refractivity contribution < 1.29 is 9.90 Å². The molecule has 56 valence electrons. The Morgan fingerprint density at radius 2 is 1.70 bits per heavy atom. The SMILES string of the molecule is CC(C)=C/C(C)=C\C(=O)O. The molecular weight excluding hydrogens is 128 g/mol. The monoisotopic (exact) mass is 140 g/mol. The zero-order valence-corrected chi connectivity index (χ0v) is 6.51. The quantitative estimate of drug-likeness (QED) is 0.470. The molecule has 1 N–H and O–H groups in total. The lowest BCUT2D eigenvalue weighted by molar-refractivity contribution is -0.131. The Bertz CT molecular complexity index is 183. The van der Waals surface area contributed by atoms with Crippen molar-refractivity contribution in [3.63, 3.8) is 0 Å². The molecule has 0 spiro atoms. The summed E-state index contributed by atoms with van der Waals surface area (Å²) in [5.41, 5.74) is 1.88. The Balaban J connectivity index is 4.22. The van der Waals surface area contributed by atoms with Crippen LogP contribution in [0.3, 0.4) is 0 Å². The van der Waals surface area contributed by atoms with Crippen LogP contribution in [0.4, 0.5) is 0 Å². The number of hydrogen-bond acceptors (Lipinski definition) is 1. The predicted molar refractivity (Wildman–Crippen MR) is 40.8 cm³/mol. The molecule has 0 amide bonds. The van der Waals surface area contributed by atoms with E-state index in [0.29, 0.717) is 0 Å². The summed E-state index contributed by atoms with van der Waals surface area (Å²) in [6.45, 7) is 5.62. The molecule has 0 aliphatic heterocycles. The fourth-order valence-electron chi connectivity index (χ4n) is 0.692. The number of carbonyl (C=O) groups is 1. The lowest BCUT2D eigenvalue weighted by Crippen LogP contribution is -1.88. The Labute approximate surface area is 60.9 Å². The van der Waals surface area contributed by atoms with Gasteiger partial charge in [0.25, 0.3) is 0 Å². The number of rotatable bonds is 2. The van der Waals surface area contributed by atoms with Gasteiger partial charge in [-0.1, -0.05) is 11.6 Å². The summed E-state index contributed by atoms with van der Waals surface area (Å²) >= 11 is 0. The smallest absolute Gasteiger partial charge is 0.328 e. The third-order valence-electron chi connectivity index (χ3n) is 0.867. The predicted octanol–water partition coefficient (Wildman–Crippen LogP) is 1.98. The van der Waals surface area contributed by atoms with Crippen LogP contribution in [0.25, 0.3) is 0 Å². The van der Waals surface area contributed by atoms with Crippen LogP contribution in [0, 0.1) is 0 Å². The van der Waals surface area contributed by atoms with Crippen molar-refractivity contribution in [3.05, 3.63) is 23.3 Å². The van der Waals surface area contributed by atoms with E-state index >= 15 is 0 Å². The summed E-state index contributed by atoms with van der Waals surface area (Å²) in [4.78, 5) is 10.1. The van der Waals surface area contributed by atoms with E-state index in [9.17, 15) is 4.79 Å². The first-order valence-electron chi connectivity index (χ1n) is 3.08. The maximum absolute atomic E-state index is 10.1. The highest BCUT2D eigenvalue weighted by atomic mass is 16.4. The second-order valence-corrected chi connectivity index (χ2v) is 2.45. The van der Waals surface area contributed by atoms with Crippen LogP contribution in [0.15, 0.2) is 23.3 Å². The molecule has 0 unspecified atom stereocenters. The summed E-state index contributed by atoms with van der Waals surface area (Å²) in [5.74, 6) is -0.894. The van der Waals surface area contributed by atoms with Gasteiger partial charge in [-0.3, -0.25) is 0 Å². The van der Waals surface area contributed by atoms with Gasteiger partial charge in [-0.05, 0) is 26.3 Å². The summed E-state index contributed by atoms with van der Waals surface area (Å²) in [5, 5.41) is 8.29. The van der Waals surface area contributed by atoms with Crippen LogP contribution in [0.2, 0.25) is 0 Å². The molecule has 0 saturated heterocycles. The molecule has 0 rings (SSSR count). The summed E-state index contributed by atoms with van der Waals surface area (Å²) in [7, 11) is 0. The molecule has 0 aliphatic rings. The number of carboxylic acid groups (broad SMARTS) is 1. The molecule has 2 heteroatoms. The fraction of sp³-hybridized carbons (Fsp3) is 0.375. The average molecular weight is 140 g/mol. The minimum absolute atomic E-state index is 0.771. The standard InChI is InChI=1S/C8H12O2/c1-6(2)4-7(3)5-8(9)10/h4-5H,1-3H3,(H,9,10)/b7-5-. The Morgan fingerprint density at radius 1 is 1.20 bits per heavy atom. The van der Waals surface area contributed by atoms with E-state index in [4.69, 9.17) is 5.11 Å². The van der Waals surface area contributed by atoms with Crippen LogP contribution < -0.4 is 0 Å². The first-order valence-corrected chi connectivity index (χ1v) is 3.08. The summed E-state index contributed by atoms with van der Waals surface area (Å²) in [6.07, 6.45) is 3.01. The Hall–Kier alpha value is -1.05. The average Bonchev–Trinajstić information content (AvgIpc) is 1.58. The Morgan fingerprint density at radius 3 is 2.00 bits per heavy atom. The van der Waals surface area contributed by atoms with Crippen molar-refractivity contribution in [1.29, 1.82) is 0 Å². The van der Waals surface area contributed by atoms with Gasteiger partial charge in [-0.15, -0.1) is 0 Å². The minimum atomic E-state index is -0.894. The fourth-order valence-corrected chi connectivity index (χ4v) is 0.692. The lowest BCUT2D eigenvalue weighted by Gasteiger charge is -1.90. The molecule has 2 nitrogen and oxygen atoms in total. The minimum Gasteiger partial charge on any atom is -0.478 e. The summed E-state index contributed by atoms with van der Waals surface area (Å²) < 4.78 is 0. The highest BCUT2D eigenvalue weighted by Gasteiger charge is 1.88. The molecule has 0 bridgehead atoms. The van der Waals surface area contributed by atoms with Gasteiger partial charge in [0, 0.05) is 6.08 Å². The second-order valence-electron chi connectivity index (χ2n) is 2.45. The van der Waals surface area contributed by atoms with E-state index in [1.165, 1.54) is 6.08 Å². The van der Waals surface area contributed by atoms with Crippen molar-refractivity contribution in [2.24, 2.45) is 0 Å². The van der Waals surface area contributed by atoms with Crippen LogP contribution in [-0.2, 0) is 4.79 Å². The third-order valence-corrected chi connectivity index (χ3v) is 0.867. The number of carboxylic acids is 1. The van der Waals surface area contributed by atoms with Crippen LogP contribution in [-0.4, -0.2) is 11.1 Å². The zero-order chi connectivity index (χ0) is 8.15. The number of aliphatic carboxylic acids is 1. The van der Waals surface area contributed by atoms with Crippen molar-refractivity contribution in [1.82, 2.24) is 0 Å². The largest absolute Gasteiger partial charge is 0.478 e. The van der Waals surface area contributed by atoms with Gasteiger partial charge < -0.3 is 5.11 Å². The Kier molecular flexibility index (Phi) is 3.47. The zero-order valence-electron chi connectivity index (χ0n) is 6.51. The number of allylic oxidation sites excluding steroid dienone is 3. The van der Waals surface area contributed by atoms with Crippen LogP contribution in [0.1, 0.15) is 20.8 Å². The molecule has 0 aromatic carbocycles. The van der Waals surface area contributed by atoms with E-state index < -0.39 is 5.97 Å². The maximum atomic E-state index is 10.1. The van der Waals surface area contributed by atoms with Gasteiger partial charge in [0.15, 0.2) is 0 Å². The van der Waals surface area contributed by atoms with E-state index in [0.717, 1.165) is 11.1 Å².